The van der Waals surface area contributed by atoms with Gasteiger partial charge in [0.25, 0.3) is 0 Å². The molecule has 0 rings (SSSR count). The zero-order valence-corrected chi connectivity index (χ0v) is 41.2. The van der Waals surface area contributed by atoms with E-state index in [0.717, 1.165) is 0 Å². The van der Waals surface area contributed by atoms with Crippen LogP contribution in [0.4, 0.5) is 0 Å². The van der Waals surface area contributed by atoms with Crippen molar-refractivity contribution in [2.75, 3.05) is 98.9 Å². The van der Waals surface area contributed by atoms with Crippen LogP contribution in [-0.2, 0) is 80.9 Å². The summed E-state index contributed by atoms with van der Waals surface area (Å²) in [6, 6.07) is 0. The summed E-state index contributed by atoms with van der Waals surface area (Å²) < 4.78 is 228. The first-order chi connectivity index (χ1) is 24.5. The average molecular weight is 1240 g/mol. The fourth-order valence-electron chi connectivity index (χ4n) is 0.894. The molecule has 0 amide bonds. The maximum absolute atomic E-state index is 9.52. The number of aliphatic hydroxyl groups excluding tert-OH is 8. The van der Waals surface area contributed by atoms with Crippen molar-refractivity contribution in [3.05, 3.63) is 0 Å². The molecule has 58 heavy (non-hydrogen) atoms. The van der Waals surface area contributed by atoms with Gasteiger partial charge in [0.05, 0.1) is 180 Å². The van der Waals surface area contributed by atoms with Gasteiger partial charge in [-0.2, -0.15) is 0 Å². The number of aliphatic hydroxyl groups is 8. The minimum absolute atomic E-state index is 0. The zero-order chi connectivity index (χ0) is 47.3. The maximum atomic E-state index is 9.52. The van der Waals surface area contributed by atoms with Crippen LogP contribution in [0.5, 0.6) is 0 Å². The van der Waals surface area contributed by atoms with E-state index in [1.54, 1.807) is 0 Å². The van der Waals surface area contributed by atoms with Gasteiger partial charge in [0.2, 0.25) is 0 Å². The van der Waals surface area contributed by atoms with E-state index in [2.05, 4.69) is 0 Å². The molecule has 352 valence electrons. The van der Waals surface area contributed by atoms with Crippen molar-refractivity contribution in [2.24, 2.45) is 0 Å². The van der Waals surface area contributed by atoms with Gasteiger partial charge in [0.1, 0.15) is 0 Å². The van der Waals surface area contributed by atoms with Crippen molar-refractivity contribution in [2.45, 2.75) is 0 Å². The second-order valence-corrected chi connectivity index (χ2v) is 20.1. The van der Waals surface area contributed by atoms with Crippen molar-refractivity contribution in [1.82, 2.24) is 0 Å². The van der Waals surface area contributed by atoms with Gasteiger partial charge < -0.3 is 77.3 Å². The molecule has 0 aliphatic carbocycles. The summed E-state index contributed by atoms with van der Waals surface area (Å²) >= 11 is 0. The second kappa shape index (κ2) is 44.2. The van der Waals surface area contributed by atoms with Gasteiger partial charge in [-0.25, -0.2) is 67.3 Å². The summed E-state index contributed by atoms with van der Waals surface area (Å²) in [4.78, 5) is 0. The third-order valence-corrected chi connectivity index (χ3v) is 8.19. The fraction of sp³-hybridized carbons (Fsp3) is 1.00. The van der Waals surface area contributed by atoms with Crippen LogP contribution in [0.1, 0.15) is 0 Å². The summed E-state index contributed by atoms with van der Waals surface area (Å²) in [5, 5.41) is 62.6. The summed E-state index contributed by atoms with van der Waals surface area (Å²) in [7, 11) is -33.4. The summed E-state index contributed by atoms with van der Waals surface area (Å²) in [6.07, 6.45) is 0. The van der Waals surface area contributed by atoms with Crippen molar-refractivity contribution in [1.29, 1.82) is 0 Å². The molecule has 0 bridgehead atoms. The molecule has 42 heteroatoms. The number of rotatable bonds is 16. The van der Waals surface area contributed by atoms with Gasteiger partial charge in [0, 0.05) is 0 Å². The molecule has 0 aliphatic rings. The minimum Gasteiger partial charge on any atom is -0.748 e. The van der Waals surface area contributed by atoms with E-state index in [1.165, 1.54) is 0 Å². The van der Waals surface area contributed by atoms with E-state index in [1.807, 2.05) is 0 Å². The van der Waals surface area contributed by atoms with Crippen molar-refractivity contribution < 1.29 is 145 Å². The topological polar surface area (TPSA) is 619 Å². The first-order valence-corrected chi connectivity index (χ1v) is 25.5. The molecule has 0 saturated heterocycles. The van der Waals surface area contributed by atoms with E-state index in [4.69, 9.17) is 40.9 Å². The molecular weight excluding hydrogens is 1200 g/mol. The van der Waals surface area contributed by atoms with Crippen LogP contribution >= 0.6 is 0 Å². The van der Waals surface area contributed by atoms with Crippen LogP contribution in [0.2, 0.25) is 0 Å². The van der Waals surface area contributed by atoms with E-state index in [9.17, 15) is 104 Å². The number of hydrogen-bond acceptors (Lipinski definition) is 32. The molecule has 0 radical (unpaired) electrons. The van der Waals surface area contributed by atoms with Crippen molar-refractivity contribution in [3.8, 4) is 0 Å². The molecule has 0 spiro atoms. The third kappa shape index (κ3) is 165. The Morgan fingerprint density at radius 1 is 0.207 bits per heavy atom. The molecule has 0 aromatic rings. The molecule has 0 aliphatic heterocycles. The molecule has 0 heterocycles. The molecule has 0 saturated carbocycles. The Labute approximate surface area is 369 Å². The van der Waals surface area contributed by atoms with Gasteiger partial charge in [-0.3, -0.25) is 0 Å². The van der Waals surface area contributed by atoms with Crippen molar-refractivity contribution >= 4 is 129 Å². The Hall–Kier alpha value is 0.557. The smallest absolute Gasteiger partial charge is 0.748 e. The van der Waals surface area contributed by atoms with Crippen LogP contribution in [-0.4, -0.2) is 291 Å². The van der Waals surface area contributed by atoms with Crippen LogP contribution in [0.15, 0.2) is 0 Å². The fourth-order valence-corrected chi connectivity index (χ4v) is 2.68. The van der Waals surface area contributed by atoms with Gasteiger partial charge in [0.15, 0.2) is 0 Å². The van der Waals surface area contributed by atoms with Gasteiger partial charge in [-0.05, 0) is 0 Å². The Bertz CT molecular complexity index is 1400. The van der Waals surface area contributed by atoms with Gasteiger partial charge in [-0.15, -0.1) is 0 Å². The molecule has 0 aromatic carbocycles. The standard InChI is InChI=1S/8C2H6O4S.2Sn/c8*3-1-2-7(4,5)6;;/h8*3H,1-2H2,(H,4,5,6);;/q;;;;;;;;2*+4/p-8. The van der Waals surface area contributed by atoms with E-state index in [0.29, 0.717) is 0 Å². The normalized spacial score (nSPS) is 11.3. The first-order valence-electron chi connectivity index (χ1n) is 12.8. The third-order valence-electron chi connectivity index (χ3n) is 2.73. The van der Waals surface area contributed by atoms with E-state index in [-0.39, 0.29) is 47.8 Å². The van der Waals surface area contributed by atoms with Crippen LogP contribution < -0.4 is 0 Å². The van der Waals surface area contributed by atoms with Crippen LogP contribution in [0.25, 0.3) is 0 Å². The zero-order valence-electron chi connectivity index (χ0n) is 29.0. The largest absolute Gasteiger partial charge is 4.00 e. The SMILES string of the molecule is O=S(=O)([O-])CCO.O=S(=O)([O-])CCO.O=S(=O)([O-])CCO.O=S(=O)([O-])CCO.O=S(=O)([O-])CCO.O=S(=O)([O-])CCO.O=S(=O)([O-])CCO.O=S(=O)([O-])CCO.[Sn+4].[Sn+4]. The van der Waals surface area contributed by atoms with Gasteiger partial charge in [-0.1, -0.05) is 0 Å². The number of hydrogen-bond donors (Lipinski definition) is 8. The molecule has 32 nitrogen and oxygen atoms in total. The van der Waals surface area contributed by atoms with Gasteiger partial charge >= 0.3 is 47.8 Å². The molecule has 0 atom stereocenters. The Kier molecular flexibility index (Phi) is 62.7. The molecule has 0 fully saturated rings. The summed E-state index contributed by atoms with van der Waals surface area (Å²) in [6.45, 7) is -4.73. The van der Waals surface area contributed by atoms with Crippen molar-refractivity contribution in [3.63, 3.8) is 0 Å². The molecule has 0 aromatic heterocycles. The second-order valence-electron chi connectivity index (χ2n) is 7.88. The average Bonchev–Trinajstić information content (AvgIpc) is 2.86. The predicted molar refractivity (Wildman–Crippen MR) is 185 cm³/mol. The van der Waals surface area contributed by atoms with E-state index < -0.39 is 180 Å². The Balaban J connectivity index is -0.0000000565. The summed E-state index contributed by atoms with van der Waals surface area (Å²) in [5.41, 5.74) is 0. The molecule has 0 unspecified atom stereocenters. The van der Waals surface area contributed by atoms with E-state index >= 15 is 0 Å². The molecular formula is C16H40O32S8Sn2. The van der Waals surface area contributed by atoms with Crippen LogP contribution in [0.3, 0.4) is 0 Å². The van der Waals surface area contributed by atoms with Crippen LogP contribution in [0, 0.1) is 0 Å². The predicted octanol–water partition coefficient (Wildman–Crippen LogP) is -12.6. The molecule has 8 N–H and O–H groups in total. The Morgan fingerprint density at radius 2 is 0.259 bits per heavy atom. The maximum Gasteiger partial charge on any atom is 4.00 e. The summed E-state index contributed by atoms with van der Waals surface area (Å²) in [5.74, 6) is -5.50. The quantitative estimate of drug-likeness (QED) is 0.0525. The first kappa shape index (κ1) is 82.3. The Morgan fingerprint density at radius 3 is 0.259 bits per heavy atom. The monoisotopic (exact) mass is 1240 g/mol. The minimum atomic E-state index is -4.17.